The number of hydrogen-bond acceptors (Lipinski definition) is 1. The molecule has 0 amide bonds. The van der Waals surface area contributed by atoms with Crippen LogP contribution < -0.4 is 0 Å². The van der Waals surface area contributed by atoms with E-state index in [9.17, 15) is 0 Å². The lowest BCUT2D eigenvalue weighted by atomic mass is 9.74. The van der Waals surface area contributed by atoms with Gasteiger partial charge < -0.3 is 4.42 Å². The summed E-state index contributed by atoms with van der Waals surface area (Å²) in [6.07, 6.45) is 0. The summed E-state index contributed by atoms with van der Waals surface area (Å²) in [5.41, 5.74) is 17.2. The molecule has 49 heavy (non-hydrogen) atoms. The van der Waals surface area contributed by atoms with Crippen molar-refractivity contribution >= 4 is 21.9 Å². The van der Waals surface area contributed by atoms with E-state index in [0.29, 0.717) is 0 Å². The molecule has 1 aromatic heterocycles. The Kier molecular flexibility index (Phi) is 5.89. The maximum absolute atomic E-state index is 7.23. The van der Waals surface area contributed by atoms with Crippen LogP contribution in [0.5, 0.6) is 0 Å². The third-order valence-corrected chi connectivity index (χ3v) is 11.7. The van der Waals surface area contributed by atoms with Gasteiger partial charge in [-0.1, -0.05) is 172 Å². The van der Waals surface area contributed by atoms with Gasteiger partial charge in [0, 0.05) is 38.6 Å². The zero-order chi connectivity index (χ0) is 32.9. The highest BCUT2D eigenvalue weighted by atomic mass is 16.3. The third kappa shape index (κ3) is 3.82. The zero-order valence-corrected chi connectivity index (χ0v) is 28.0. The lowest BCUT2D eigenvalue weighted by molar-refractivity contribution is 0.632. The molecule has 2 aliphatic carbocycles. The first kappa shape index (κ1) is 28.4. The normalized spacial score (nSPS) is 15.5. The van der Waals surface area contributed by atoms with Crippen molar-refractivity contribution < 1.29 is 4.42 Å². The number of para-hydroxylation sites is 2. The SMILES string of the molecule is CC1(C)c2ccccc2-c2ccc(C(c3ccccc3)c3cccc4c3oc3c(C5(C)c6ccccc6-c6ccccc65)cccc34)cc21. The summed E-state index contributed by atoms with van der Waals surface area (Å²) >= 11 is 0. The lowest BCUT2D eigenvalue weighted by Gasteiger charge is -2.28. The number of benzene rings is 7. The fourth-order valence-electron chi connectivity index (χ4n) is 9.30. The molecule has 10 rings (SSSR count). The lowest BCUT2D eigenvalue weighted by Crippen LogP contribution is -2.22. The fraction of sp³-hybridized carbons (Fsp3) is 0.125. The van der Waals surface area contributed by atoms with Crippen LogP contribution >= 0.6 is 0 Å². The van der Waals surface area contributed by atoms with Gasteiger partial charge in [0.1, 0.15) is 11.2 Å². The first-order valence-corrected chi connectivity index (χ1v) is 17.4. The zero-order valence-electron chi connectivity index (χ0n) is 28.0. The van der Waals surface area contributed by atoms with Crippen molar-refractivity contribution in [3.05, 3.63) is 202 Å². The number of rotatable bonds is 4. The highest BCUT2D eigenvalue weighted by molar-refractivity contribution is 6.08. The van der Waals surface area contributed by atoms with Gasteiger partial charge in [-0.2, -0.15) is 0 Å². The topological polar surface area (TPSA) is 13.1 Å². The summed E-state index contributed by atoms with van der Waals surface area (Å²) in [5.74, 6) is 0.00208. The molecule has 2 aliphatic rings. The van der Waals surface area contributed by atoms with Crippen LogP contribution in [0.4, 0.5) is 0 Å². The van der Waals surface area contributed by atoms with Crippen molar-refractivity contribution in [1.29, 1.82) is 0 Å². The average molecular weight is 629 g/mol. The van der Waals surface area contributed by atoms with Gasteiger partial charge in [-0.25, -0.2) is 0 Å². The van der Waals surface area contributed by atoms with Crippen LogP contribution in [0.2, 0.25) is 0 Å². The van der Waals surface area contributed by atoms with Crippen molar-refractivity contribution in [1.82, 2.24) is 0 Å². The molecule has 0 spiro atoms. The molecular formula is C48H36O. The molecule has 1 nitrogen and oxygen atoms in total. The summed E-state index contributed by atoms with van der Waals surface area (Å²) in [5, 5.41) is 2.32. The molecule has 0 fully saturated rings. The minimum absolute atomic E-state index is 0.00208. The molecule has 1 unspecified atom stereocenters. The Morgan fingerprint density at radius 3 is 1.63 bits per heavy atom. The summed E-state index contributed by atoms with van der Waals surface area (Å²) < 4.78 is 7.23. The summed E-state index contributed by atoms with van der Waals surface area (Å²) in [7, 11) is 0. The predicted octanol–water partition coefficient (Wildman–Crippen LogP) is 12.4. The molecule has 7 aromatic carbocycles. The first-order chi connectivity index (χ1) is 24.0. The maximum atomic E-state index is 7.23. The van der Waals surface area contributed by atoms with E-state index < -0.39 is 0 Å². The quantitative estimate of drug-likeness (QED) is 0.177. The van der Waals surface area contributed by atoms with Crippen molar-refractivity contribution in [3.8, 4) is 22.3 Å². The minimum atomic E-state index is -0.347. The Balaban J connectivity index is 1.21. The summed E-state index contributed by atoms with van der Waals surface area (Å²) in [6.45, 7) is 7.10. The third-order valence-electron chi connectivity index (χ3n) is 11.7. The van der Waals surface area contributed by atoms with E-state index in [-0.39, 0.29) is 16.7 Å². The maximum Gasteiger partial charge on any atom is 0.139 e. The van der Waals surface area contributed by atoms with E-state index in [0.717, 1.165) is 21.9 Å². The molecule has 1 heterocycles. The van der Waals surface area contributed by atoms with Gasteiger partial charge in [0.25, 0.3) is 0 Å². The van der Waals surface area contributed by atoms with E-state index in [1.54, 1.807) is 0 Å². The standard InChI is InChI=1S/C48H36O/c1-47(2)39-23-10-7-17-32(39)35-28-27-31(29-43(35)47)44(30-15-5-4-6-16-30)38-22-13-20-36-37-21-14-26-42(46(37)49-45(36)38)48(3)40-24-11-8-18-33(40)34-19-9-12-25-41(34)48/h4-29,44H,1-3H3. The van der Waals surface area contributed by atoms with Gasteiger partial charge in [0.2, 0.25) is 0 Å². The number of fused-ring (bicyclic) bond motifs is 9. The van der Waals surface area contributed by atoms with Gasteiger partial charge >= 0.3 is 0 Å². The molecule has 1 heteroatoms. The second kappa shape index (κ2) is 10.2. The number of furan rings is 1. The number of hydrogen-bond donors (Lipinski definition) is 0. The Bertz CT molecular complexity index is 2550. The highest BCUT2D eigenvalue weighted by Gasteiger charge is 2.42. The molecule has 0 bridgehead atoms. The Labute approximate surface area is 287 Å². The minimum Gasteiger partial charge on any atom is -0.455 e. The van der Waals surface area contributed by atoms with Gasteiger partial charge in [-0.15, -0.1) is 0 Å². The van der Waals surface area contributed by atoms with Gasteiger partial charge in [-0.3, -0.25) is 0 Å². The van der Waals surface area contributed by atoms with Crippen LogP contribution in [0.3, 0.4) is 0 Å². The average Bonchev–Trinajstić information content (AvgIpc) is 3.74. The van der Waals surface area contributed by atoms with E-state index in [4.69, 9.17) is 4.42 Å². The second-order valence-electron chi connectivity index (χ2n) is 14.5. The molecule has 0 saturated heterocycles. The molecular weight excluding hydrogens is 593 g/mol. The van der Waals surface area contributed by atoms with E-state index >= 15 is 0 Å². The van der Waals surface area contributed by atoms with Crippen molar-refractivity contribution in [2.45, 2.75) is 37.5 Å². The largest absolute Gasteiger partial charge is 0.455 e. The van der Waals surface area contributed by atoms with Crippen molar-refractivity contribution in [3.63, 3.8) is 0 Å². The Hall–Kier alpha value is -5.66. The molecule has 0 N–H and O–H groups in total. The van der Waals surface area contributed by atoms with E-state index in [1.165, 1.54) is 66.8 Å². The molecule has 0 radical (unpaired) electrons. The van der Waals surface area contributed by atoms with Crippen LogP contribution in [-0.2, 0) is 10.8 Å². The van der Waals surface area contributed by atoms with Crippen LogP contribution in [-0.4, -0.2) is 0 Å². The second-order valence-corrected chi connectivity index (χ2v) is 14.5. The molecule has 234 valence electrons. The fourth-order valence-corrected chi connectivity index (χ4v) is 9.30. The van der Waals surface area contributed by atoms with Crippen LogP contribution in [0.1, 0.15) is 71.2 Å². The molecule has 0 saturated carbocycles. The van der Waals surface area contributed by atoms with Crippen molar-refractivity contribution in [2.75, 3.05) is 0 Å². The van der Waals surface area contributed by atoms with E-state index in [1.807, 2.05) is 0 Å². The summed E-state index contributed by atoms with van der Waals surface area (Å²) in [6, 6.07) is 58.2. The van der Waals surface area contributed by atoms with E-state index in [2.05, 4.69) is 178 Å². The van der Waals surface area contributed by atoms with Gasteiger partial charge in [0.05, 0.1) is 0 Å². The van der Waals surface area contributed by atoms with Crippen LogP contribution in [0, 0.1) is 0 Å². The summed E-state index contributed by atoms with van der Waals surface area (Å²) in [4.78, 5) is 0. The van der Waals surface area contributed by atoms with Crippen LogP contribution in [0.15, 0.2) is 162 Å². The van der Waals surface area contributed by atoms with Gasteiger partial charge in [-0.05, 0) is 62.6 Å². The molecule has 8 aromatic rings. The Morgan fingerprint density at radius 2 is 0.939 bits per heavy atom. The predicted molar refractivity (Wildman–Crippen MR) is 203 cm³/mol. The highest BCUT2D eigenvalue weighted by Crippen LogP contribution is 2.55. The van der Waals surface area contributed by atoms with Crippen molar-refractivity contribution in [2.24, 2.45) is 0 Å². The smallest absolute Gasteiger partial charge is 0.139 e. The monoisotopic (exact) mass is 628 g/mol. The Morgan fingerprint density at radius 1 is 0.408 bits per heavy atom. The van der Waals surface area contributed by atoms with Crippen LogP contribution in [0.25, 0.3) is 44.2 Å². The molecule has 0 aliphatic heterocycles. The molecule has 1 atom stereocenters. The van der Waals surface area contributed by atoms with Gasteiger partial charge in [0.15, 0.2) is 0 Å². The first-order valence-electron chi connectivity index (χ1n) is 17.4.